The zero-order valence-electron chi connectivity index (χ0n) is 10.5. The minimum atomic E-state index is -0.492. The van der Waals surface area contributed by atoms with Gasteiger partial charge < -0.3 is 10.4 Å². The van der Waals surface area contributed by atoms with Crippen LogP contribution >= 0.6 is 27.5 Å². The molecule has 100 valence electrons. The lowest BCUT2D eigenvalue weighted by atomic mass is 9.90. The Kier molecular flexibility index (Phi) is 5.07. The minimum absolute atomic E-state index is 0.392. The third-order valence-electron chi connectivity index (χ3n) is 3.59. The number of hydrogen-bond acceptors (Lipinski definition) is 2. The van der Waals surface area contributed by atoms with E-state index in [1.165, 1.54) is 6.42 Å². The molecular formula is C14H19BrClNO. The monoisotopic (exact) mass is 331 g/mol. The van der Waals surface area contributed by atoms with Crippen LogP contribution in [0.15, 0.2) is 22.7 Å². The summed E-state index contributed by atoms with van der Waals surface area (Å²) in [5.41, 5.74) is 0.819. The first-order valence-electron chi connectivity index (χ1n) is 6.42. The van der Waals surface area contributed by atoms with E-state index < -0.39 is 6.10 Å². The van der Waals surface area contributed by atoms with Gasteiger partial charge in [0.05, 0.1) is 6.10 Å². The van der Waals surface area contributed by atoms with Gasteiger partial charge in [0.1, 0.15) is 0 Å². The van der Waals surface area contributed by atoms with Crippen LogP contribution in [0.5, 0.6) is 0 Å². The van der Waals surface area contributed by atoms with E-state index in [0.29, 0.717) is 11.1 Å². The quantitative estimate of drug-likeness (QED) is 0.879. The normalized spacial score (nSPS) is 26.0. The number of nitrogens with one attached hydrogen (secondary N) is 1. The summed E-state index contributed by atoms with van der Waals surface area (Å²) < 4.78 is 0.938. The topological polar surface area (TPSA) is 32.3 Å². The Morgan fingerprint density at radius 1 is 1.56 bits per heavy atom. The first-order valence-corrected chi connectivity index (χ1v) is 7.59. The lowest BCUT2D eigenvalue weighted by Crippen LogP contribution is -2.38. The van der Waals surface area contributed by atoms with Gasteiger partial charge in [0.15, 0.2) is 0 Å². The standard InChI is InChI=1S/C14H19BrClNO/c1-9-4-5-17-11(6-9)8-14(18)12-3-2-10(15)7-13(12)16/h2-3,7,9,11,14,17-18H,4-6,8H2,1H3. The molecule has 1 aromatic carbocycles. The summed E-state index contributed by atoms with van der Waals surface area (Å²) in [6.45, 7) is 3.32. The molecule has 0 radical (unpaired) electrons. The van der Waals surface area contributed by atoms with Gasteiger partial charge in [0.25, 0.3) is 0 Å². The molecule has 0 saturated carbocycles. The Hall–Kier alpha value is -0.0900. The van der Waals surface area contributed by atoms with Gasteiger partial charge in [-0.25, -0.2) is 0 Å². The second-order valence-corrected chi connectivity index (χ2v) is 6.52. The summed E-state index contributed by atoms with van der Waals surface area (Å²) in [5, 5.41) is 14.4. The van der Waals surface area contributed by atoms with Crippen molar-refractivity contribution in [2.75, 3.05) is 6.54 Å². The molecule has 0 aromatic heterocycles. The van der Waals surface area contributed by atoms with Crippen molar-refractivity contribution in [1.29, 1.82) is 0 Å². The highest BCUT2D eigenvalue weighted by Gasteiger charge is 2.22. The first-order chi connectivity index (χ1) is 8.56. The summed E-state index contributed by atoms with van der Waals surface area (Å²) >= 11 is 9.53. The molecule has 2 nitrogen and oxygen atoms in total. The molecule has 3 atom stereocenters. The fourth-order valence-electron chi connectivity index (χ4n) is 2.57. The molecule has 0 aliphatic carbocycles. The fourth-order valence-corrected chi connectivity index (χ4v) is 3.37. The maximum Gasteiger partial charge on any atom is 0.0819 e. The molecule has 1 saturated heterocycles. The Labute approximate surface area is 122 Å². The molecule has 1 aliphatic rings. The van der Waals surface area contributed by atoms with Crippen LogP contribution in [0.4, 0.5) is 0 Å². The number of rotatable bonds is 3. The molecule has 1 heterocycles. The largest absolute Gasteiger partial charge is 0.388 e. The van der Waals surface area contributed by atoms with Crippen molar-refractivity contribution in [3.63, 3.8) is 0 Å². The van der Waals surface area contributed by atoms with Crippen LogP contribution in [-0.4, -0.2) is 17.7 Å². The van der Waals surface area contributed by atoms with E-state index in [0.717, 1.165) is 35.3 Å². The van der Waals surface area contributed by atoms with Crippen molar-refractivity contribution < 1.29 is 5.11 Å². The summed E-state index contributed by atoms with van der Waals surface area (Å²) in [5.74, 6) is 0.740. The van der Waals surface area contributed by atoms with Crippen molar-refractivity contribution in [2.45, 2.75) is 38.3 Å². The molecular weight excluding hydrogens is 314 g/mol. The second-order valence-electron chi connectivity index (χ2n) is 5.20. The van der Waals surface area contributed by atoms with E-state index in [-0.39, 0.29) is 0 Å². The van der Waals surface area contributed by atoms with Gasteiger partial charge in [-0.2, -0.15) is 0 Å². The molecule has 0 bridgehead atoms. The van der Waals surface area contributed by atoms with E-state index in [2.05, 4.69) is 28.2 Å². The summed E-state index contributed by atoms with van der Waals surface area (Å²) in [6.07, 6.45) is 2.59. The molecule has 3 unspecified atom stereocenters. The molecule has 1 aromatic rings. The predicted octanol–water partition coefficient (Wildman–Crippen LogP) is 3.91. The Bertz CT molecular complexity index is 413. The highest BCUT2D eigenvalue weighted by molar-refractivity contribution is 9.10. The number of benzene rings is 1. The summed E-state index contributed by atoms with van der Waals surface area (Å²) in [6, 6.07) is 6.03. The lowest BCUT2D eigenvalue weighted by Gasteiger charge is -2.30. The maximum absolute atomic E-state index is 10.3. The van der Waals surface area contributed by atoms with Crippen molar-refractivity contribution in [1.82, 2.24) is 5.32 Å². The third kappa shape index (κ3) is 3.70. The van der Waals surface area contributed by atoms with Crippen LogP contribution in [0.3, 0.4) is 0 Å². The van der Waals surface area contributed by atoms with Gasteiger partial charge >= 0.3 is 0 Å². The van der Waals surface area contributed by atoms with E-state index >= 15 is 0 Å². The molecule has 4 heteroatoms. The minimum Gasteiger partial charge on any atom is -0.388 e. The average molecular weight is 333 g/mol. The molecule has 18 heavy (non-hydrogen) atoms. The molecule has 1 aliphatic heterocycles. The van der Waals surface area contributed by atoms with Gasteiger partial charge in [-0.05, 0) is 49.4 Å². The van der Waals surface area contributed by atoms with Gasteiger partial charge in [-0.1, -0.05) is 40.5 Å². The predicted molar refractivity (Wildman–Crippen MR) is 78.9 cm³/mol. The fraction of sp³-hybridized carbons (Fsp3) is 0.571. The summed E-state index contributed by atoms with van der Waals surface area (Å²) in [7, 11) is 0. The molecule has 1 fully saturated rings. The SMILES string of the molecule is CC1CCNC(CC(O)c2ccc(Br)cc2Cl)C1. The van der Waals surface area contributed by atoms with Crippen molar-refractivity contribution in [2.24, 2.45) is 5.92 Å². The van der Waals surface area contributed by atoms with Crippen LogP contribution in [0.2, 0.25) is 5.02 Å². The molecule has 0 amide bonds. The average Bonchev–Trinajstić information content (AvgIpc) is 2.28. The maximum atomic E-state index is 10.3. The van der Waals surface area contributed by atoms with Crippen LogP contribution in [0, 0.1) is 5.92 Å². The first kappa shape index (κ1) is 14.3. The van der Waals surface area contributed by atoms with Crippen LogP contribution in [0.25, 0.3) is 0 Å². The Morgan fingerprint density at radius 2 is 2.33 bits per heavy atom. The number of halogens is 2. The number of hydrogen-bond donors (Lipinski definition) is 2. The third-order valence-corrected chi connectivity index (χ3v) is 4.41. The van der Waals surface area contributed by atoms with E-state index in [9.17, 15) is 5.11 Å². The number of aliphatic hydroxyl groups is 1. The highest BCUT2D eigenvalue weighted by atomic mass is 79.9. The van der Waals surface area contributed by atoms with Crippen LogP contribution in [-0.2, 0) is 0 Å². The number of aliphatic hydroxyl groups excluding tert-OH is 1. The Balaban J connectivity index is 2.00. The second kappa shape index (κ2) is 6.38. The lowest BCUT2D eigenvalue weighted by molar-refractivity contribution is 0.138. The van der Waals surface area contributed by atoms with Crippen LogP contribution in [0.1, 0.15) is 37.9 Å². The Morgan fingerprint density at radius 3 is 3.00 bits per heavy atom. The number of piperidine rings is 1. The van der Waals surface area contributed by atoms with Crippen LogP contribution < -0.4 is 5.32 Å². The van der Waals surface area contributed by atoms with Gasteiger partial charge in [0, 0.05) is 15.5 Å². The van der Waals surface area contributed by atoms with Crippen molar-refractivity contribution in [3.05, 3.63) is 33.3 Å². The van der Waals surface area contributed by atoms with E-state index in [4.69, 9.17) is 11.6 Å². The van der Waals surface area contributed by atoms with Gasteiger partial charge in [-0.3, -0.25) is 0 Å². The van der Waals surface area contributed by atoms with Crippen molar-refractivity contribution >= 4 is 27.5 Å². The summed E-state index contributed by atoms with van der Waals surface area (Å²) in [4.78, 5) is 0. The molecule has 0 spiro atoms. The van der Waals surface area contributed by atoms with E-state index in [1.807, 2.05) is 18.2 Å². The highest BCUT2D eigenvalue weighted by Crippen LogP contribution is 2.30. The zero-order chi connectivity index (χ0) is 13.1. The van der Waals surface area contributed by atoms with Gasteiger partial charge in [0.2, 0.25) is 0 Å². The smallest absolute Gasteiger partial charge is 0.0819 e. The zero-order valence-corrected chi connectivity index (χ0v) is 12.8. The molecule has 2 N–H and O–H groups in total. The van der Waals surface area contributed by atoms with Gasteiger partial charge in [-0.15, -0.1) is 0 Å². The molecule has 2 rings (SSSR count). The van der Waals surface area contributed by atoms with E-state index in [1.54, 1.807) is 0 Å². The van der Waals surface area contributed by atoms with Crippen molar-refractivity contribution in [3.8, 4) is 0 Å².